The van der Waals surface area contributed by atoms with Crippen LogP contribution in [-0.4, -0.2) is 17.6 Å². The van der Waals surface area contributed by atoms with Gasteiger partial charge in [0, 0.05) is 16.4 Å². The number of halogens is 1. The van der Waals surface area contributed by atoms with Gasteiger partial charge < -0.3 is 10.4 Å². The van der Waals surface area contributed by atoms with Crippen molar-refractivity contribution >= 4 is 33.2 Å². The van der Waals surface area contributed by atoms with Crippen LogP contribution in [0.25, 0.3) is 0 Å². The lowest BCUT2D eigenvalue weighted by Gasteiger charge is -2.18. The molecule has 0 saturated heterocycles. The number of thiophene rings is 1. The Morgan fingerprint density at radius 2 is 2.25 bits per heavy atom. The van der Waals surface area contributed by atoms with Crippen LogP contribution in [-0.2, 0) is 11.3 Å². The fraction of sp³-hybridized carbons (Fsp3) is 0.545. The van der Waals surface area contributed by atoms with Gasteiger partial charge in [-0.2, -0.15) is 11.3 Å². The highest BCUT2D eigenvalue weighted by Gasteiger charge is 2.26. The Hall–Kier alpha value is -0.390. The van der Waals surface area contributed by atoms with Crippen LogP contribution in [0, 0.1) is 5.41 Å². The molecule has 0 radical (unpaired) electrons. The normalized spacial score (nSPS) is 11.7. The first-order chi connectivity index (χ1) is 7.43. The van der Waals surface area contributed by atoms with E-state index in [9.17, 15) is 4.79 Å². The van der Waals surface area contributed by atoms with Crippen molar-refractivity contribution in [1.82, 2.24) is 5.32 Å². The first-order valence-corrected chi connectivity index (χ1v) is 6.82. The molecule has 90 valence electrons. The molecule has 16 heavy (non-hydrogen) atoms. The summed E-state index contributed by atoms with van der Waals surface area (Å²) in [4.78, 5) is 10.9. The van der Waals surface area contributed by atoms with E-state index in [1.807, 2.05) is 5.38 Å². The molecule has 0 aliphatic carbocycles. The summed E-state index contributed by atoms with van der Waals surface area (Å²) in [6.45, 7) is 4.98. The van der Waals surface area contributed by atoms with Crippen molar-refractivity contribution in [3.8, 4) is 0 Å². The van der Waals surface area contributed by atoms with E-state index in [2.05, 4.69) is 26.6 Å². The second-order valence-electron chi connectivity index (χ2n) is 4.36. The Labute approximate surface area is 108 Å². The number of hydrogen-bond donors (Lipinski definition) is 2. The number of nitrogens with one attached hydrogen (secondary N) is 1. The quantitative estimate of drug-likeness (QED) is 0.794. The van der Waals surface area contributed by atoms with Gasteiger partial charge in [0.1, 0.15) is 0 Å². The van der Waals surface area contributed by atoms with Crippen LogP contribution in [0.1, 0.15) is 25.8 Å². The van der Waals surface area contributed by atoms with Crippen molar-refractivity contribution in [3.05, 3.63) is 20.8 Å². The van der Waals surface area contributed by atoms with E-state index in [1.165, 1.54) is 5.56 Å². The zero-order chi connectivity index (χ0) is 12.2. The summed E-state index contributed by atoms with van der Waals surface area (Å²) in [6, 6.07) is 0. The van der Waals surface area contributed by atoms with E-state index in [1.54, 1.807) is 25.2 Å². The molecular weight excluding hydrogens is 290 g/mol. The number of hydrogen-bond acceptors (Lipinski definition) is 3. The first kappa shape index (κ1) is 13.7. The molecule has 5 heteroatoms. The Kier molecular flexibility index (Phi) is 4.95. The molecule has 0 saturated carbocycles. The maximum Gasteiger partial charge on any atom is 0.309 e. The Morgan fingerprint density at radius 3 is 2.75 bits per heavy atom. The SMILES string of the molecule is CC(C)(CCNCc1cscc1Br)C(=O)O. The highest BCUT2D eigenvalue weighted by Crippen LogP contribution is 2.22. The van der Waals surface area contributed by atoms with Crippen molar-refractivity contribution in [2.24, 2.45) is 5.41 Å². The minimum absolute atomic E-state index is 0.629. The topological polar surface area (TPSA) is 49.3 Å². The van der Waals surface area contributed by atoms with Crippen LogP contribution in [0.5, 0.6) is 0 Å². The van der Waals surface area contributed by atoms with E-state index in [-0.39, 0.29) is 0 Å². The van der Waals surface area contributed by atoms with Gasteiger partial charge in [-0.1, -0.05) is 0 Å². The predicted molar refractivity (Wildman–Crippen MR) is 69.8 cm³/mol. The van der Waals surface area contributed by atoms with Crippen molar-refractivity contribution in [3.63, 3.8) is 0 Å². The van der Waals surface area contributed by atoms with E-state index in [4.69, 9.17) is 5.11 Å². The lowest BCUT2D eigenvalue weighted by atomic mass is 9.90. The zero-order valence-electron chi connectivity index (χ0n) is 9.42. The van der Waals surface area contributed by atoms with E-state index >= 15 is 0 Å². The number of carboxylic acids is 1. The zero-order valence-corrected chi connectivity index (χ0v) is 11.8. The third-order valence-corrected chi connectivity index (χ3v) is 4.34. The second-order valence-corrected chi connectivity index (χ2v) is 5.96. The van der Waals surface area contributed by atoms with Gasteiger partial charge in [-0.3, -0.25) is 4.79 Å². The lowest BCUT2D eigenvalue weighted by molar-refractivity contribution is -0.147. The van der Waals surface area contributed by atoms with Crippen LogP contribution in [0.4, 0.5) is 0 Å². The number of aliphatic carboxylic acids is 1. The van der Waals surface area contributed by atoms with E-state index < -0.39 is 11.4 Å². The van der Waals surface area contributed by atoms with Gasteiger partial charge in [0.2, 0.25) is 0 Å². The molecule has 0 unspecified atom stereocenters. The second kappa shape index (κ2) is 5.80. The van der Waals surface area contributed by atoms with Crippen LogP contribution >= 0.6 is 27.3 Å². The van der Waals surface area contributed by atoms with Crippen LogP contribution < -0.4 is 5.32 Å². The van der Waals surface area contributed by atoms with Crippen molar-refractivity contribution in [1.29, 1.82) is 0 Å². The minimum Gasteiger partial charge on any atom is -0.481 e. The summed E-state index contributed by atoms with van der Waals surface area (Å²) in [5.74, 6) is -0.744. The lowest BCUT2D eigenvalue weighted by Crippen LogP contribution is -2.28. The minimum atomic E-state index is -0.744. The average molecular weight is 306 g/mol. The van der Waals surface area contributed by atoms with Gasteiger partial charge >= 0.3 is 5.97 Å². The maximum absolute atomic E-state index is 10.9. The summed E-state index contributed by atoms with van der Waals surface area (Å²) in [5.41, 5.74) is 0.567. The molecule has 3 nitrogen and oxygen atoms in total. The molecule has 0 amide bonds. The molecule has 2 N–H and O–H groups in total. The molecule has 1 aromatic rings. The fourth-order valence-electron chi connectivity index (χ4n) is 1.16. The third-order valence-electron chi connectivity index (χ3n) is 2.51. The summed E-state index contributed by atoms with van der Waals surface area (Å²) in [5, 5.41) is 16.3. The molecule has 0 aromatic carbocycles. The summed E-state index contributed by atoms with van der Waals surface area (Å²) < 4.78 is 1.11. The molecule has 1 aromatic heterocycles. The van der Waals surface area contributed by atoms with Gasteiger partial charge in [-0.05, 0) is 53.7 Å². The molecule has 1 heterocycles. The molecule has 0 fully saturated rings. The van der Waals surface area contributed by atoms with Gasteiger partial charge in [0.15, 0.2) is 0 Å². The molecule has 0 spiro atoms. The van der Waals surface area contributed by atoms with Gasteiger partial charge in [-0.25, -0.2) is 0 Å². The smallest absolute Gasteiger partial charge is 0.309 e. The maximum atomic E-state index is 10.9. The Bertz CT molecular complexity index is 363. The van der Waals surface area contributed by atoms with Crippen molar-refractivity contribution in [2.45, 2.75) is 26.8 Å². The molecule has 1 rings (SSSR count). The van der Waals surface area contributed by atoms with E-state index in [0.29, 0.717) is 13.0 Å². The molecule has 0 aliphatic rings. The van der Waals surface area contributed by atoms with Crippen molar-refractivity contribution < 1.29 is 9.90 Å². The van der Waals surface area contributed by atoms with Gasteiger partial charge in [0.05, 0.1) is 5.41 Å². The van der Waals surface area contributed by atoms with Crippen LogP contribution in [0.15, 0.2) is 15.2 Å². The van der Waals surface area contributed by atoms with Gasteiger partial charge in [0.25, 0.3) is 0 Å². The standard InChI is InChI=1S/C11H16BrNO2S/c1-11(2,10(14)15)3-4-13-5-8-6-16-7-9(8)12/h6-7,13H,3-5H2,1-2H3,(H,14,15). The van der Waals surface area contributed by atoms with E-state index in [0.717, 1.165) is 11.0 Å². The monoisotopic (exact) mass is 305 g/mol. The van der Waals surface area contributed by atoms with Crippen LogP contribution in [0.3, 0.4) is 0 Å². The van der Waals surface area contributed by atoms with Crippen LogP contribution in [0.2, 0.25) is 0 Å². The highest BCUT2D eigenvalue weighted by atomic mass is 79.9. The number of carbonyl (C=O) groups is 1. The third kappa shape index (κ3) is 3.88. The average Bonchev–Trinajstić information content (AvgIpc) is 2.59. The Balaban J connectivity index is 2.27. The summed E-state index contributed by atoms with van der Waals surface area (Å²) >= 11 is 5.11. The largest absolute Gasteiger partial charge is 0.481 e. The number of rotatable bonds is 6. The predicted octanol–water partition coefficient (Wildman–Crippen LogP) is 3.10. The van der Waals surface area contributed by atoms with Crippen molar-refractivity contribution in [2.75, 3.05) is 6.54 Å². The molecule has 0 atom stereocenters. The fourth-order valence-corrected chi connectivity index (χ4v) is 2.61. The molecular formula is C11H16BrNO2S. The first-order valence-electron chi connectivity index (χ1n) is 5.08. The summed E-state index contributed by atoms with van der Waals surface area (Å²) in [7, 11) is 0. The molecule has 0 bridgehead atoms. The van der Waals surface area contributed by atoms with Gasteiger partial charge in [-0.15, -0.1) is 0 Å². The molecule has 0 aliphatic heterocycles. The number of carboxylic acid groups (broad SMARTS) is 1. The summed E-state index contributed by atoms with van der Waals surface area (Å²) in [6.07, 6.45) is 0.629. The Morgan fingerprint density at radius 1 is 1.56 bits per heavy atom. The highest BCUT2D eigenvalue weighted by molar-refractivity contribution is 9.10.